The van der Waals surface area contributed by atoms with Gasteiger partial charge in [0, 0.05) is 23.7 Å². The van der Waals surface area contributed by atoms with Crippen molar-refractivity contribution >= 4 is 34.5 Å². The standard InChI is InChI=1S/C12H16ClN3S/c13-9-4-5-10(12(14)17)11(8-9)15-16-6-2-1-3-7-16/h4-5,8,15H,1-3,6-7H2,(H2,14,17). The molecule has 1 saturated heterocycles. The van der Waals surface area contributed by atoms with Crippen LogP contribution in [0.15, 0.2) is 18.2 Å². The Morgan fingerprint density at radius 2 is 2.00 bits per heavy atom. The molecular weight excluding hydrogens is 254 g/mol. The number of hydrogen-bond donors (Lipinski definition) is 2. The Labute approximate surface area is 112 Å². The van der Waals surface area contributed by atoms with Crippen molar-refractivity contribution in [2.45, 2.75) is 19.3 Å². The lowest BCUT2D eigenvalue weighted by atomic mass is 10.1. The molecule has 3 nitrogen and oxygen atoms in total. The van der Waals surface area contributed by atoms with E-state index in [1.807, 2.05) is 12.1 Å². The van der Waals surface area contributed by atoms with Crippen LogP contribution >= 0.6 is 23.8 Å². The van der Waals surface area contributed by atoms with Crippen LogP contribution in [0.3, 0.4) is 0 Å². The quantitative estimate of drug-likeness (QED) is 0.828. The van der Waals surface area contributed by atoms with Crippen LogP contribution in [-0.2, 0) is 0 Å². The molecule has 1 heterocycles. The summed E-state index contributed by atoms with van der Waals surface area (Å²) < 4.78 is 0. The number of nitrogens with one attached hydrogen (secondary N) is 1. The molecule has 1 aliphatic heterocycles. The van der Waals surface area contributed by atoms with Gasteiger partial charge in [0.15, 0.2) is 0 Å². The molecule has 0 aliphatic carbocycles. The summed E-state index contributed by atoms with van der Waals surface area (Å²) in [5.74, 6) is 0. The highest BCUT2D eigenvalue weighted by atomic mass is 35.5. The number of halogens is 1. The van der Waals surface area contributed by atoms with Gasteiger partial charge in [0.1, 0.15) is 4.99 Å². The van der Waals surface area contributed by atoms with E-state index < -0.39 is 0 Å². The molecule has 1 aliphatic rings. The first-order chi connectivity index (χ1) is 8.16. The summed E-state index contributed by atoms with van der Waals surface area (Å²) in [6, 6.07) is 5.53. The third-order valence-electron chi connectivity index (χ3n) is 2.88. The zero-order valence-electron chi connectivity index (χ0n) is 9.58. The first-order valence-electron chi connectivity index (χ1n) is 5.78. The Morgan fingerprint density at radius 3 is 2.65 bits per heavy atom. The second-order valence-electron chi connectivity index (χ2n) is 4.21. The molecule has 5 heteroatoms. The average Bonchev–Trinajstić information content (AvgIpc) is 2.30. The molecular formula is C12H16ClN3S. The second kappa shape index (κ2) is 5.67. The topological polar surface area (TPSA) is 41.3 Å². The van der Waals surface area contributed by atoms with Crippen molar-refractivity contribution < 1.29 is 0 Å². The smallest absolute Gasteiger partial charge is 0.106 e. The number of hydrazine groups is 1. The van der Waals surface area contributed by atoms with Crippen LogP contribution in [0.4, 0.5) is 5.69 Å². The molecule has 0 atom stereocenters. The highest BCUT2D eigenvalue weighted by Crippen LogP contribution is 2.22. The fourth-order valence-corrected chi connectivity index (χ4v) is 2.35. The number of nitrogens with two attached hydrogens (primary N) is 1. The van der Waals surface area contributed by atoms with Gasteiger partial charge in [-0.05, 0) is 31.0 Å². The summed E-state index contributed by atoms with van der Waals surface area (Å²) in [6.45, 7) is 2.09. The average molecular weight is 270 g/mol. The number of nitrogens with zero attached hydrogens (tertiary/aromatic N) is 1. The molecule has 0 saturated carbocycles. The largest absolute Gasteiger partial charge is 0.389 e. The first kappa shape index (κ1) is 12.6. The molecule has 0 spiro atoms. The van der Waals surface area contributed by atoms with Crippen molar-refractivity contribution in [3.8, 4) is 0 Å². The summed E-state index contributed by atoms with van der Waals surface area (Å²) in [5, 5.41) is 2.88. The first-order valence-corrected chi connectivity index (χ1v) is 6.56. The Hall–Kier alpha value is -0.840. The van der Waals surface area contributed by atoms with Gasteiger partial charge in [-0.25, -0.2) is 5.01 Å². The van der Waals surface area contributed by atoms with Crippen LogP contribution in [-0.4, -0.2) is 23.1 Å². The van der Waals surface area contributed by atoms with E-state index >= 15 is 0 Å². The van der Waals surface area contributed by atoms with Crippen LogP contribution < -0.4 is 11.2 Å². The summed E-state index contributed by atoms with van der Waals surface area (Å²) in [7, 11) is 0. The number of thiocarbonyl (C=S) groups is 1. The summed E-state index contributed by atoms with van der Waals surface area (Å²) >= 11 is 11.0. The van der Waals surface area contributed by atoms with E-state index in [9.17, 15) is 0 Å². The highest BCUT2D eigenvalue weighted by Gasteiger charge is 2.12. The molecule has 0 aromatic heterocycles. The maximum Gasteiger partial charge on any atom is 0.106 e. The zero-order valence-corrected chi connectivity index (χ0v) is 11.2. The van der Waals surface area contributed by atoms with Gasteiger partial charge in [0.2, 0.25) is 0 Å². The SMILES string of the molecule is NC(=S)c1ccc(Cl)cc1NN1CCCCC1. The predicted molar refractivity (Wildman–Crippen MR) is 76.4 cm³/mol. The van der Waals surface area contributed by atoms with E-state index in [4.69, 9.17) is 29.6 Å². The zero-order chi connectivity index (χ0) is 12.3. The van der Waals surface area contributed by atoms with E-state index in [0.717, 1.165) is 24.3 Å². The molecule has 0 bridgehead atoms. The summed E-state index contributed by atoms with van der Waals surface area (Å²) in [6.07, 6.45) is 3.74. The Kier molecular flexibility index (Phi) is 4.20. The minimum absolute atomic E-state index is 0.390. The van der Waals surface area contributed by atoms with Gasteiger partial charge < -0.3 is 11.2 Å². The monoisotopic (exact) mass is 269 g/mol. The Balaban J connectivity index is 2.17. The molecule has 0 amide bonds. The van der Waals surface area contributed by atoms with Crippen molar-refractivity contribution in [3.63, 3.8) is 0 Å². The number of rotatable bonds is 3. The number of hydrogen-bond acceptors (Lipinski definition) is 3. The van der Waals surface area contributed by atoms with E-state index in [0.29, 0.717) is 10.0 Å². The molecule has 1 aromatic rings. The normalized spacial score (nSPS) is 16.8. The van der Waals surface area contributed by atoms with Crippen LogP contribution in [0, 0.1) is 0 Å². The lowest BCUT2D eigenvalue weighted by molar-refractivity contribution is 0.273. The summed E-state index contributed by atoms with van der Waals surface area (Å²) in [5.41, 5.74) is 10.8. The third kappa shape index (κ3) is 3.31. The van der Waals surface area contributed by atoms with E-state index in [1.165, 1.54) is 19.3 Å². The van der Waals surface area contributed by atoms with Gasteiger partial charge in [-0.15, -0.1) is 0 Å². The van der Waals surface area contributed by atoms with Crippen molar-refractivity contribution in [2.24, 2.45) is 5.73 Å². The van der Waals surface area contributed by atoms with Gasteiger partial charge in [-0.2, -0.15) is 0 Å². The van der Waals surface area contributed by atoms with Crippen LogP contribution in [0.1, 0.15) is 24.8 Å². The van der Waals surface area contributed by atoms with Crippen molar-refractivity contribution in [1.82, 2.24) is 5.01 Å². The van der Waals surface area contributed by atoms with Crippen molar-refractivity contribution in [1.29, 1.82) is 0 Å². The fourth-order valence-electron chi connectivity index (χ4n) is 2.00. The number of piperidine rings is 1. The molecule has 0 radical (unpaired) electrons. The predicted octanol–water partition coefficient (Wildman–Crippen LogP) is 2.79. The minimum Gasteiger partial charge on any atom is -0.389 e. The molecule has 0 unspecified atom stereocenters. The second-order valence-corrected chi connectivity index (χ2v) is 5.09. The molecule has 1 aromatic carbocycles. The van der Waals surface area contributed by atoms with Crippen molar-refractivity contribution in [2.75, 3.05) is 18.5 Å². The van der Waals surface area contributed by atoms with Gasteiger partial charge in [-0.1, -0.05) is 30.2 Å². The van der Waals surface area contributed by atoms with Gasteiger partial charge in [0.05, 0.1) is 5.69 Å². The molecule has 1 fully saturated rings. The van der Waals surface area contributed by atoms with Crippen LogP contribution in [0.5, 0.6) is 0 Å². The van der Waals surface area contributed by atoms with E-state index in [1.54, 1.807) is 6.07 Å². The fraction of sp³-hybridized carbons (Fsp3) is 0.417. The molecule has 3 N–H and O–H groups in total. The van der Waals surface area contributed by atoms with Crippen LogP contribution in [0.2, 0.25) is 5.02 Å². The van der Waals surface area contributed by atoms with E-state index in [-0.39, 0.29) is 0 Å². The Bertz CT molecular complexity index is 416. The van der Waals surface area contributed by atoms with E-state index in [2.05, 4.69) is 10.4 Å². The lowest BCUT2D eigenvalue weighted by Gasteiger charge is -2.28. The Morgan fingerprint density at radius 1 is 1.29 bits per heavy atom. The lowest BCUT2D eigenvalue weighted by Crippen LogP contribution is -2.35. The molecule has 17 heavy (non-hydrogen) atoms. The number of anilines is 1. The minimum atomic E-state index is 0.390. The maximum atomic E-state index is 6.00. The van der Waals surface area contributed by atoms with Crippen molar-refractivity contribution in [3.05, 3.63) is 28.8 Å². The van der Waals surface area contributed by atoms with Crippen LogP contribution in [0.25, 0.3) is 0 Å². The highest BCUT2D eigenvalue weighted by molar-refractivity contribution is 7.80. The van der Waals surface area contributed by atoms with Gasteiger partial charge >= 0.3 is 0 Å². The van der Waals surface area contributed by atoms with Gasteiger partial charge in [-0.3, -0.25) is 0 Å². The molecule has 92 valence electrons. The summed E-state index contributed by atoms with van der Waals surface area (Å²) in [4.78, 5) is 0.390. The maximum absolute atomic E-state index is 6.00. The third-order valence-corrected chi connectivity index (χ3v) is 3.34. The number of benzene rings is 1. The van der Waals surface area contributed by atoms with Gasteiger partial charge in [0.25, 0.3) is 0 Å². The molecule has 2 rings (SSSR count).